The second-order valence-corrected chi connectivity index (χ2v) is 5.66. The highest BCUT2D eigenvalue weighted by molar-refractivity contribution is 5.64. The van der Waals surface area contributed by atoms with Gasteiger partial charge in [0.1, 0.15) is 11.3 Å². The van der Waals surface area contributed by atoms with Gasteiger partial charge in [0.05, 0.1) is 4.92 Å². The van der Waals surface area contributed by atoms with Crippen LogP contribution in [0, 0.1) is 10.1 Å². The molecular weight excluding hydrogens is 306 g/mol. The zero-order valence-electron chi connectivity index (χ0n) is 12.7. The lowest BCUT2D eigenvalue weighted by molar-refractivity contribution is -0.384. The summed E-state index contributed by atoms with van der Waals surface area (Å²) in [6.07, 6.45) is -0.993. The number of benzene rings is 1. The SMILES string of the molecule is CC(C)(C)OC(=O)On1[nH]c(=O)cc1-c1ccc([N+](=O)[O-])cc1. The van der Waals surface area contributed by atoms with E-state index in [1.54, 1.807) is 20.8 Å². The fourth-order valence-electron chi connectivity index (χ4n) is 1.75. The van der Waals surface area contributed by atoms with Gasteiger partial charge in [0.15, 0.2) is 0 Å². The Morgan fingerprint density at radius 2 is 1.87 bits per heavy atom. The quantitative estimate of drug-likeness (QED) is 0.526. The Morgan fingerprint density at radius 3 is 2.39 bits per heavy atom. The monoisotopic (exact) mass is 321 g/mol. The smallest absolute Gasteiger partial charge is 0.427 e. The van der Waals surface area contributed by atoms with Crippen LogP contribution in [0.3, 0.4) is 0 Å². The van der Waals surface area contributed by atoms with Crippen LogP contribution in [0.4, 0.5) is 10.5 Å². The van der Waals surface area contributed by atoms with Crippen molar-refractivity contribution in [1.82, 2.24) is 9.94 Å². The van der Waals surface area contributed by atoms with Crippen molar-refractivity contribution in [3.63, 3.8) is 0 Å². The van der Waals surface area contributed by atoms with Gasteiger partial charge in [-0.15, -0.1) is 4.85 Å². The first-order valence-corrected chi connectivity index (χ1v) is 6.64. The zero-order valence-corrected chi connectivity index (χ0v) is 12.7. The fourth-order valence-corrected chi connectivity index (χ4v) is 1.75. The predicted molar refractivity (Wildman–Crippen MR) is 80.0 cm³/mol. The highest BCUT2D eigenvalue weighted by Crippen LogP contribution is 2.21. The van der Waals surface area contributed by atoms with E-state index in [0.717, 1.165) is 4.85 Å². The second-order valence-electron chi connectivity index (χ2n) is 5.66. The van der Waals surface area contributed by atoms with Crippen molar-refractivity contribution in [2.75, 3.05) is 0 Å². The topological polar surface area (TPSA) is 116 Å². The molecule has 0 aliphatic heterocycles. The van der Waals surface area contributed by atoms with Crippen LogP contribution in [0.2, 0.25) is 0 Å². The summed E-state index contributed by atoms with van der Waals surface area (Å²) in [5, 5.41) is 13.0. The summed E-state index contributed by atoms with van der Waals surface area (Å²) in [4.78, 5) is 39.1. The van der Waals surface area contributed by atoms with Gasteiger partial charge in [0.25, 0.3) is 11.2 Å². The van der Waals surface area contributed by atoms with Crippen LogP contribution in [0.1, 0.15) is 20.8 Å². The highest BCUT2D eigenvalue weighted by atomic mass is 16.8. The summed E-state index contributed by atoms with van der Waals surface area (Å²) in [7, 11) is 0. The normalized spacial score (nSPS) is 11.1. The van der Waals surface area contributed by atoms with E-state index in [-0.39, 0.29) is 11.4 Å². The molecule has 0 saturated heterocycles. The van der Waals surface area contributed by atoms with Crippen molar-refractivity contribution < 1.29 is 19.3 Å². The lowest BCUT2D eigenvalue weighted by atomic mass is 10.1. The third kappa shape index (κ3) is 4.19. The third-order valence-electron chi connectivity index (χ3n) is 2.63. The molecule has 0 spiro atoms. The maximum atomic E-state index is 11.7. The van der Waals surface area contributed by atoms with Gasteiger partial charge in [0, 0.05) is 23.8 Å². The molecule has 0 radical (unpaired) electrons. The molecule has 0 aliphatic rings. The standard InChI is InChI=1S/C14H15N3O6/c1-14(2,3)22-13(19)23-16-11(8-12(18)15-16)9-4-6-10(7-5-9)17(20)21/h4-8H,1-3H3,(H,15,18). The number of carbonyl (C=O) groups excluding carboxylic acids is 1. The average Bonchev–Trinajstić information content (AvgIpc) is 2.77. The van der Waals surface area contributed by atoms with Gasteiger partial charge in [-0.2, -0.15) is 0 Å². The minimum atomic E-state index is -0.993. The molecule has 0 atom stereocenters. The molecule has 0 unspecified atom stereocenters. The lowest BCUT2D eigenvalue weighted by Crippen LogP contribution is -2.31. The van der Waals surface area contributed by atoms with Crippen LogP contribution in [-0.4, -0.2) is 26.6 Å². The summed E-state index contributed by atoms with van der Waals surface area (Å²) in [6.45, 7) is 5.01. The minimum Gasteiger partial charge on any atom is -0.427 e. The number of rotatable bonds is 3. The molecule has 0 saturated carbocycles. The van der Waals surface area contributed by atoms with E-state index in [4.69, 9.17) is 9.57 Å². The summed E-state index contributed by atoms with van der Waals surface area (Å²) < 4.78 is 5.00. The number of nitro benzene ring substituents is 1. The molecule has 0 amide bonds. The van der Waals surface area contributed by atoms with Crippen LogP contribution in [-0.2, 0) is 4.74 Å². The summed E-state index contributed by atoms with van der Waals surface area (Å²) >= 11 is 0. The number of hydrogen-bond donors (Lipinski definition) is 1. The number of nitro groups is 1. The Kier molecular flexibility index (Phi) is 4.21. The van der Waals surface area contributed by atoms with Gasteiger partial charge in [-0.25, -0.2) is 9.89 Å². The number of nitrogens with zero attached hydrogens (tertiary/aromatic N) is 2. The summed E-state index contributed by atoms with van der Waals surface area (Å²) in [6, 6.07) is 6.65. The molecule has 122 valence electrons. The maximum absolute atomic E-state index is 11.7. The van der Waals surface area contributed by atoms with Crippen LogP contribution in [0.15, 0.2) is 35.1 Å². The van der Waals surface area contributed by atoms with Crippen molar-refractivity contribution >= 4 is 11.8 Å². The number of hydrogen-bond acceptors (Lipinski definition) is 6. The molecular formula is C14H15N3O6. The van der Waals surface area contributed by atoms with Crippen molar-refractivity contribution in [2.24, 2.45) is 0 Å². The molecule has 1 heterocycles. The van der Waals surface area contributed by atoms with Gasteiger partial charge >= 0.3 is 6.16 Å². The Bertz CT molecular complexity index is 782. The van der Waals surface area contributed by atoms with E-state index in [1.807, 2.05) is 0 Å². The Morgan fingerprint density at radius 1 is 1.26 bits per heavy atom. The van der Waals surface area contributed by atoms with Gasteiger partial charge in [0.2, 0.25) is 0 Å². The number of ether oxygens (including phenoxy) is 1. The molecule has 23 heavy (non-hydrogen) atoms. The summed E-state index contributed by atoms with van der Waals surface area (Å²) in [5.41, 5.74) is -0.653. The van der Waals surface area contributed by atoms with E-state index >= 15 is 0 Å². The summed E-state index contributed by atoms with van der Waals surface area (Å²) in [5.74, 6) is 0. The van der Waals surface area contributed by atoms with E-state index < -0.39 is 22.2 Å². The molecule has 1 N–H and O–H groups in total. The van der Waals surface area contributed by atoms with Gasteiger partial charge in [-0.3, -0.25) is 19.7 Å². The predicted octanol–water partition coefficient (Wildman–Crippen LogP) is 2.12. The second kappa shape index (κ2) is 5.95. The molecule has 0 bridgehead atoms. The molecule has 0 fully saturated rings. The lowest BCUT2D eigenvalue weighted by Gasteiger charge is -2.18. The third-order valence-corrected chi connectivity index (χ3v) is 2.63. The minimum absolute atomic E-state index is 0.0914. The number of nitrogens with one attached hydrogen (secondary N) is 1. The fraction of sp³-hybridized carbons (Fsp3) is 0.286. The molecule has 9 heteroatoms. The molecule has 1 aromatic carbocycles. The maximum Gasteiger partial charge on any atom is 0.535 e. The van der Waals surface area contributed by atoms with Crippen LogP contribution in [0.25, 0.3) is 11.3 Å². The van der Waals surface area contributed by atoms with E-state index in [0.29, 0.717) is 5.56 Å². The van der Waals surface area contributed by atoms with Crippen molar-refractivity contribution in [3.05, 3.63) is 50.8 Å². The van der Waals surface area contributed by atoms with Crippen LogP contribution >= 0.6 is 0 Å². The Balaban J connectivity index is 2.28. The molecule has 2 aromatic rings. The first-order chi connectivity index (χ1) is 10.7. The first kappa shape index (κ1) is 16.3. The van der Waals surface area contributed by atoms with Crippen molar-refractivity contribution in [2.45, 2.75) is 26.4 Å². The van der Waals surface area contributed by atoms with Crippen molar-refractivity contribution in [1.29, 1.82) is 0 Å². The van der Waals surface area contributed by atoms with Crippen LogP contribution < -0.4 is 10.4 Å². The average molecular weight is 321 g/mol. The highest BCUT2D eigenvalue weighted by Gasteiger charge is 2.20. The number of H-pyrrole nitrogens is 1. The number of aromatic amines is 1. The Labute approximate surface area is 130 Å². The number of non-ortho nitro benzene ring substituents is 1. The van der Waals surface area contributed by atoms with E-state index in [1.165, 1.54) is 30.3 Å². The number of aromatic nitrogens is 2. The van der Waals surface area contributed by atoms with E-state index in [2.05, 4.69) is 5.10 Å². The van der Waals surface area contributed by atoms with Gasteiger partial charge in [-0.05, 0) is 32.9 Å². The van der Waals surface area contributed by atoms with Crippen LogP contribution in [0.5, 0.6) is 0 Å². The number of carbonyl (C=O) groups is 1. The molecule has 0 aliphatic carbocycles. The largest absolute Gasteiger partial charge is 0.535 e. The molecule has 2 rings (SSSR count). The van der Waals surface area contributed by atoms with Gasteiger partial charge in [-0.1, -0.05) is 0 Å². The molecule has 1 aromatic heterocycles. The van der Waals surface area contributed by atoms with Gasteiger partial charge < -0.3 is 4.74 Å². The zero-order chi connectivity index (χ0) is 17.2. The first-order valence-electron chi connectivity index (χ1n) is 6.64. The van der Waals surface area contributed by atoms with Crippen molar-refractivity contribution in [3.8, 4) is 11.3 Å². The van der Waals surface area contributed by atoms with E-state index in [9.17, 15) is 19.7 Å². The molecule has 9 nitrogen and oxygen atoms in total. The Hall–Kier alpha value is -3.10.